The molecule has 1 aliphatic heterocycles. The van der Waals surface area contributed by atoms with Crippen LogP contribution in [0, 0.1) is 12.8 Å². The topological polar surface area (TPSA) is 46.3 Å². The Morgan fingerprint density at radius 3 is 2.76 bits per heavy atom. The first-order valence-corrected chi connectivity index (χ1v) is 6.27. The zero-order valence-corrected chi connectivity index (χ0v) is 10.4. The highest BCUT2D eigenvalue weighted by atomic mass is 16.2. The number of carbonyl (C=O) groups is 1. The number of hydrogen-bond donors (Lipinski definition) is 1. The fourth-order valence-corrected chi connectivity index (χ4v) is 2.31. The monoisotopic (exact) mass is 232 g/mol. The van der Waals surface area contributed by atoms with Crippen molar-refractivity contribution < 1.29 is 4.79 Å². The van der Waals surface area contributed by atoms with Crippen molar-refractivity contribution in [2.45, 2.75) is 19.8 Å². The first-order chi connectivity index (χ1) is 8.22. The van der Waals surface area contributed by atoms with E-state index in [-0.39, 0.29) is 5.91 Å². The van der Waals surface area contributed by atoms with Crippen LogP contribution >= 0.6 is 0 Å². The standard InChI is InChI=1S/C14H20N2O/c1-11-5-2-3-7-13(11)14(17)16-9-12(10-16)6-4-8-15/h2-3,5,7,12H,4,6,8-10,15H2,1H3. The molecule has 0 radical (unpaired) electrons. The second kappa shape index (κ2) is 5.32. The van der Waals surface area contributed by atoms with Crippen LogP contribution in [0.4, 0.5) is 0 Å². The Hall–Kier alpha value is -1.35. The third-order valence-corrected chi connectivity index (χ3v) is 3.44. The molecule has 1 fully saturated rings. The van der Waals surface area contributed by atoms with E-state index in [4.69, 9.17) is 5.73 Å². The van der Waals surface area contributed by atoms with Crippen LogP contribution in [0.1, 0.15) is 28.8 Å². The Morgan fingerprint density at radius 1 is 1.41 bits per heavy atom. The van der Waals surface area contributed by atoms with Gasteiger partial charge in [-0.25, -0.2) is 0 Å². The number of rotatable bonds is 4. The van der Waals surface area contributed by atoms with Gasteiger partial charge in [0.05, 0.1) is 0 Å². The predicted octanol–water partition coefficient (Wildman–Crippen LogP) is 1.81. The molecule has 2 rings (SSSR count). The average Bonchev–Trinajstić information content (AvgIpc) is 2.27. The molecule has 92 valence electrons. The Labute approximate surface area is 103 Å². The van der Waals surface area contributed by atoms with Crippen molar-refractivity contribution in [2.75, 3.05) is 19.6 Å². The minimum atomic E-state index is 0.173. The SMILES string of the molecule is Cc1ccccc1C(=O)N1CC(CCCN)C1. The first-order valence-electron chi connectivity index (χ1n) is 6.27. The van der Waals surface area contributed by atoms with Gasteiger partial charge in [0.1, 0.15) is 0 Å². The Kier molecular flexibility index (Phi) is 3.79. The van der Waals surface area contributed by atoms with Crippen molar-refractivity contribution in [2.24, 2.45) is 11.7 Å². The van der Waals surface area contributed by atoms with Crippen LogP contribution in [0.3, 0.4) is 0 Å². The number of aryl methyl sites for hydroxylation is 1. The molecule has 0 saturated carbocycles. The zero-order valence-electron chi connectivity index (χ0n) is 10.4. The second-order valence-corrected chi connectivity index (χ2v) is 4.82. The zero-order chi connectivity index (χ0) is 12.3. The van der Waals surface area contributed by atoms with Crippen LogP contribution in [0.2, 0.25) is 0 Å². The van der Waals surface area contributed by atoms with E-state index in [9.17, 15) is 4.79 Å². The molecule has 3 heteroatoms. The van der Waals surface area contributed by atoms with Gasteiger partial charge in [0, 0.05) is 18.7 Å². The van der Waals surface area contributed by atoms with E-state index >= 15 is 0 Å². The maximum Gasteiger partial charge on any atom is 0.254 e. The fourth-order valence-electron chi connectivity index (χ4n) is 2.31. The van der Waals surface area contributed by atoms with Gasteiger partial charge in [-0.05, 0) is 43.9 Å². The van der Waals surface area contributed by atoms with E-state index in [2.05, 4.69) is 0 Å². The van der Waals surface area contributed by atoms with Gasteiger partial charge in [-0.15, -0.1) is 0 Å². The smallest absolute Gasteiger partial charge is 0.254 e. The van der Waals surface area contributed by atoms with Crippen LogP contribution in [0.15, 0.2) is 24.3 Å². The van der Waals surface area contributed by atoms with Crippen LogP contribution in [-0.2, 0) is 0 Å². The maximum atomic E-state index is 12.2. The van der Waals surface area contributed by atoms with Crippen LogP contribution in [0.5, 0.6) is 0 Å². The predicted molar refractivity (Wildman–Crippen MR) is 68.9 cm³/mol. The lowest BCUT2D eigenvalue weighted by Gasteiger charge is -2.39. The molecule has 1 saturated heterocycles. The number of nitrogens with two attached hydrogens (primary N) is 1. The lowest BCUT2D eigenvalue weighted by Crippen LogP contribution is -2.50. The number of likely N-dealkylation sites (tertiary alicyclic amines) is 1. The van der Waals surface area contributed by atoms with E-state index in [1.807, 2.05) is 36.1 Å². The molecule has 0 atom stereocenters. The minimum Gasteiger partial charge on any atom is -0.338 e. The van der Waals surface area contributed by atoms with Crippen LogP contribution < -0.4 is 5.73 Å². The lowest BCUT2D eigenvalue weighted by atomic mass is 9.93. The molecular formula is C14H20N2O. The summed E-state index contributed by atoms with van der Waals surface area (Å²) in [6.07, 6.45) is 2.21. The van der Waals surface area contributed by atoms with E-state index < -0.39 is 0 Å². The highest BCUT2D eigenvalue weighted by molar-refractivity contribution is 5.96. The molecule has 17 heavy (non-hydrogen) atoms. The molecule has 1 heterocycles. The molecule has 0 spiro atoms. The Morgan fingerprint density at radius 2 is 2.12 bits per heavy atom. The molecule has 1 aliphatic rings. The quantitative estimate of drug-likeness (QED) is 0.860. The third-order valence-electron chi connectivity index (χ3n) is 3.44. The summed E-state index contributed by atoms with van der Waals surface area (Å²) in [6.45, 7) is 4.53. The summed E-state index contributed by atoms with van der Waals surface area (Å²) in [5.41, 5.74) is 7.38. The average molecular weight is 232 g/mol. The molecule has 3 nitrogen and oxygen atoms in total. The van der Waals surface area contributed by atoms with Gasteiger partial charge in [-0.2, -0.15) is 0 Å². The van der Waals surface area contributed by atoms with Crippen LogP contribution in [-0.4, -0.2) is 30.4 Å². The van der Waals surface area contributed by atoms with Crippen molar-refractivity contribution in [1.29, 1.82) is 0 Å². The van der Waals surface area contributed by atoms with Gasteiger partial charge in [0.2, 0.25) is 0 Å². The largest absolute Gasteiger partial charge is 0.338 e. The first kappa shape index (κ1) is 12.1. The van der Waals surface area contributed by atoms with Gasteiger partial charge in [-0.1, -0.05) is 18.2 Å². The van der Waals surface area contributed by atoms with Gasteiger partial charge >= 0.3 is 0 Å². The molecule has 0 bridgehead atoms. The Bertz CT molecular complexity index is 397. The van der Waals surface area contributed by atoms with Crippen molar-refractivity contribution >= 4 is 5.91 Å². The highest BCUT2D eigenvalue weighted by Gasteiger charge is 2.30. The maximum absolute atomic E-state index is 12.2. The molecular weight excluding hydrogens is 212 g/mol. The lowest BCUT2D eigenvalue weighted by molar-refractivity contribution is 0.0482. The van der Waals surface area contributed by atoms with E-state index in [0.29, 0.717) is 5.92 Å². The summed E-state index contributed by atoms with van der Waals surface area (Å²) in [5, 5.41) is 0. The van der Waals surface area contributed by atoms with E-state index in [1.165, 1.54) is 0 Å². The second-order valence-electron chi connectivity index (χ2n) is 4.82. The summed E-state index contributed by atoms with van der Waals surface area (Å²) in [5.74, 6) is 0.832. The van der Waals surface area contributed by atoms with Crippen molar-refractivity contribution in [1.82, 2.24) is 4.90 Å². The molecule has 0 unspecified atom stereocenters. The van der Waals surface area contributed by atoms with Gasteiger partial charge in [0.25, 0.3) is 5.91 Å². The fraction of sp³-hybridized carbons (Fsp3) is 0.500. The molecule has 0 aliphatic carbocycles. The molecule has 2 N–H and O–H groups in total. The van der Waals surface area contributed by atoms with Crippen molar-refractivity contribution in [3.63, 3.8) is 0 Å². The van der Waals surface area contributed by atoms with Crippen LogP contribution in [0.25, 0.3) is 0 Å². The highest BCUT2D eigenvalue weighted by Crippen LogP contribution is 2.23. The van der Waals surface area contributed by atoms with E-state index in [1.54, 1.807) is 0 Å². The summed E-state index contributed by atoms with van der Waals surface area (Å²) in [6, 6.07) is 7.78. The molecule has 1 aromatic carbocycles. The van der Waals surface area contributed by atoms with Crippen molar-refractivity contribution in [3.05, 3.63) is 35.4 Å². The van der Waals surface area contributed by atoms with Gasteiger partial charge in [0.15, 0.2) is 0 Å². The number of benzene rings is 1. The molecule has 0 aromatic heterocycles. The number of nitrogens with zero attached hydrogens (tertiary/aromatic N) is 1. The molecule has 1 aromatic rings. The summed E-state index contributed by atoms with van der Waals surface area (Å²) < 4.78 is 0. The third kappa shape index (κ3) is 2.67. The van der Waals surface area contributed by atoms with E-state index in [0.717, 1.165) is 43.6 Å². The summed E-state index contributed by atoms with van der Waals surface area (Å²) in [7, 11) is 0. The van der Waals surface area contributed by atoms with Crippen molar-refractivity contribution in [3.8, 4) is 0 Å². The summed E-state index contributed by atoms with van der Waals surface area (Å²) in [4.78, 5) is 14.1. The molecule has 1 amide bonds. The number of hydrogen-bond acceptors (Lipinski definition) is 2. The normalized spacial score (nSPS) is 15.8. The number of carbonyl (C=O) groups excluding carboxylic acids is 1. The summed E-state index contributed by atoms with van der Waals surface area (Å²) >= 11 is 0. The van der Waals surface area contributed by atoms with Gasteiger partial charge < -0.3 is 10.6 Å². The van der Waals surface area contributed by atoms with Gasteiger partial charge in [-0.3, -0.25) is 4.79 Å². The Balaban J connectivity index is 1.89. The minimum absolute atomic E-state index is 0.173. The number of amides is 1.